The van der Waals surface area contributed by atoms with Crippen LogP contribution in [0.15, 0.2) is 4.52 Å². The van der Waals surface area contributed by atoms with Crippen molar-refractivity contribution < 1.29 is 12.9 Å². The van der Waals surface area contributed by atoms with E-state index >= 15 is 0 Å². The molecule has 7 nitrogen and oxygen atoms in total. The summed E-state index contributed by atoms with van der Waals surface area (Å²) >= 11 is 0. The van der Waals surface area contributed by atoms with Gasteiger partial charge in [-0.05, 0) is 46.5 Å². The van der Waals surface area contributed by atoms with E-state index < -0.39 is 10.0 Å². The van der Waals surface area contributed by atoms with Crippen molar-refractivity contribution >= 4 is 10.0 Å². The second-order valence-electron chi connectivity index (χ2n) is 6.92. The van der Waals surface area contributed by atoms with Crippen LogP contribution in [0.5, 0.6) is 0 Å². The van der Waals surface area contributed by atoms with Crippen molar-refractivity contribution in [3.05, 3.63) is 11.7 Å². The van der Waals surface area contributed by atoms with Gasteiger partial charge in [0.05, 0.1) is 18.3 Å². The number of likely N-dealkylation sites (tertiary alicyclic amines) is 1. The molecule has 1 aromatic heterocycles. The van der Waals surface area contributed by atoms with E-state index in [1.54, 1.807) is 0 Å². The molecular formula is C15H26N4O3S. The van der Waals surface area contributed by atoms with Gasteiger partial charge in [-0.3, -0.25) is 4.90 Å². The maximum Gasteiger partial charge on any atom is 0.243 e. The van der Waals surface area contributed by atoms with Gasteiger partial charge in [-0.15, -0.1) is 0 Å². The highest BCUT2D eigenvalue weighted by Crippen LogP contribution is 2.35. The van der Waals surface area contributed by atoms with E-state index in [2.05, 4.69) is 35.8 Å². The summed E-state index contributed by atoms with van der Waals surface area (Å²) in [5.74, 6) is 1.08. The van der Waals surface area contributed by atoms with Gasteiger partial charge < -0.3 is 4.52 Å². The van der Waals surface area contributed by atoms with Crippen molar-refractivity contribution in [2.45, 2.75) is 70.6 Å². The Morgan fingerprint density at radius 3 is 2.48 bits per heavy atom. The van der Waals surface area contributed by atoms with E-state index in [-0.39, 0.29) is 12.1 Å². The van der Waals surface area contributed by atoms with Crippen LogP contribution in [0.25, 0.3) is 0 Å². The van der Waals surface area contributed by atoms with E-state index in [0.717, 1.165) is 12.8 Å². The van der Waals surface area contributed by atoms with Gasteiger partial charge in [0.2, 0.25) is 15.9 Å². The molecule has 1 aromatic rings. The van der Waals surface area contributed by atoms with Crippen LogP contribution in [-0.4, -0.2) is 52.6 Å². The fourth-order valence-electron chi connectivity index (χ4n) is 4.05. The molecule has 130 valence electrons. The average molecular weight is 342 g/mol. The molecule has 0 aromatic carbocycles. The minimum atomic E-state index is -3.24. The lowest BCUT2D eigenvalue weighted by Crippen LogP contribution is -2.35. The fraction of sp³-hybridized carbons (Fsp3) is 0.867. The van der Waals surface area contributed by atoms with Gasteiger partial charge in [-0.2, -0.15) is 9.29 Å². The Morgan fingerprint density at radius 1 is 1.22 bits per heavy atom. The molecule has 3 rings (SSSR count). The van der Waals surface area contributed by atoms with Gasteiger partial charge in [0, 0.05) is 18.6 Å². The van der Waals surface area contributed by atoms with Crippen LogP contribution in [0.3, 0.4) is 0 Å². The van der Waals surface area contributed by atoms with Gasteiger partial charge in [0.25, 0.3) is 0 Å². The zero-order chi connectivity index (χ0) is 16.8. The molecule has 8 heteroatoms. The van der Waals surface area contributed by atoms with Crippen molar-refractivity contribution in [2.24, 2.45) is 0 Å². The summed E-state index contributed by atoms with van der Waals surface area (Å²) in [6, 6.07) is 0.753. The van der Waals surface area contributed by atoms with Crippen molar-refractivity contribution in [2.75, 3.05) is 12.8 Å². The quantitative estimate of drug-likeness (QED) is 0.834. The maximum atomic E-state index is 11.9. The predicted octanol–water partition coefficient (Wildman–Crippen LogP) is 2.10. The van der Waals surface area contributed by atoms with Crippen molar-refractivity contribution in [1.29, 1.82) is 0 Å². The van der Waals surface area contributed by atoms with Gasteiger partial charge in [0.15, 0.2) is 5.82 Å². The SMILES string of the molecule is C[C@@H]1CC[C@H](C)N1[C@@H](C)c1nc([C@H]2CCCN2S(C)(=O)=O)no1. The van der Waals surface area contributed by atoms with Crippen LogP contribution in [-0.2, 0) is 10.0 Å². The van der Waals surface area contributed by atoms with Crippen LogP contribution in [0.2, 0.25) is 0 Å². The molecule has 3 heterocycles. The first-order valence-electron chi connectivity index (χ1n) is 8.36. The van der Waals surface area contributed by atoms with E-state index in [0.29, 0.717) is 30.3 Å². The zero-order valence-electron chi connectivity index (χ0n) is 14.3. The minimum absolute atomic E-state index is 0.0526. The second kappa shape index (κ2) is 6.14. The number of sulfonamides is 1. The maximum absolute atomic E-state index is 11.9. The van der Waals surface area contributed by atoms with E-state index in [1.807, 2.05) is 0 Å². The molecule has 0 saturated carbocycles. The molecule has 0 N–H and O–H groups in total. The Hall–Kier alpha value is -0.990. The molecule has 0 bridgehead atoms. The highest BCUT2D eigenvalue weighted by Gasteiger charge is 2.38. The molecule has 0 radical (unpaired) electrons. The van der Waals surface area contributed by atoms with Gasteiger partial charge in [-0.25, -0.2) is 8.42 Å². The Balaban J connectivity index is 1.80. The normalized spacial score (nSPS) is 31.7. The second-order valence-corrected chi connectivity index (χ2v) is 8.86. The molecule has 2 fully saturated rings. The summed E-state index contributed by atoms with van der Waals surface area (Å²) in [4.78, 5) is 6.95. The first-order valence-corrected chi connectivity index (χ1v) is 10.2. The third kappa shape index (κ3) is 3.16. The lowest BCUT2D eigenvalue weighted by atomic mass is 10.2. The van der Waals surface area contributed by atoms with Crippen molar-refractivity contribution in [3.8, 4) is 0 Å². The smallest absolute Gasteiger partial charge is 0.243 e. The van der Waals surface area contributed by atoms with Crippen molar-refractivity contribution in [3.63, 3.8) is 0 Å². The van der Waals surface area contributed by atoms with Crippen molar-refractivity contribution in [1.82, 2.24) is 19.3 Å². The number of hydrogen-bond donors (Lipinski definition) is 0. The van der Waals surface area contributed by atoms with E-state index in [4.69, 9.17) is 4.52 Å². The Bertz CT molecular complexity index is 649. The van der Waals surface area contributed by atoms with Crippen LogP contribution in [0, 0.1) is 0 Å². The summed E-state index contributed by atoms with van der Waals surface area (Å²) in [6.45, 7) is 7.06. The lowest BCUT2D eigenvalue weighted by molar-refractivity contribution is 0.128. The number of rotatable bonds is 4. The Morgan fingerprint density at radius 2 is 1.87 bits per heavy atom. The number of nitrogens with zero attached hydrogens (tertiary/aromatic N) is 4. The van der Waals surface area contributed by atoms with Gasteiger partial charge in [0.1, 0.15) is 0 Å². The molecule has 2 saturated heterocycles. The molecule has 0 aliphatic carbocycles. The standard InChI is InChI=1S/C15H26N4O3S/c1-10-7-8-11(2)19(10)12(3)15-16-14(17-22-15)13-6-5-9-18(13)23(4,20)21/h10-13H,5-9H2,1-4H3/t10-,11+,12-,13+/m0/s1. The molecular weight excluding hydrogens is 316 g/mol. The number of hydrogen-bond acceptors (Lipinski definition) is 6. The Kier molecular flexibility index (Phi) is 4.50. The number of aromatic nitrogens is 2. The topological polar surface area (TPSA) is 79.5 Å². The molecule has 2 aliphatic rings. The molecule has 0 amide bonds. The summed E-state index contributed by atoms with van der Waals surface area (Å²) in [5.41, 5.74) is 0. The lowest BCUT2D eigenvalue weighted by Gasteiger charge is -2.30. The van der Waals surface area contributed by atoms with Crippen LogP contribution >= 0.6 is 0 Å². The third-order valence-electron chi connectivity index (χ3n) is 5.21. The summed E-state index contributed by atoms with van der Waals surface area (Å²) in [6.07, 6.45) is 5.17. The summed E-state index contributed by atoms with van der Waals surface area (Å²) < 4.78 is 30.7. The first-order chi connectivity index (χ1) is 10.8. The van der Waals surface area contributed by atoms with Crippen LogP contribution < -0.4 is 0 Å². The molecule has 0 spiro atoms. The van der Waals surface area contributed by atoms with E-state index in [1.165, 1.54) is 23.4 Å². The van der Waals surface area contributed by atoms with E-state index in [9.17, 15) is 8.42 Å². The molecule has 4 atom stereocenters. The first kappa shape index (κ1) is 16.9. The fourth-order valence-corrected chi connectivity index (χ4v) is 5.18. The monoisotopic (exact) mass is 342 g/mol. The zero-order valence-corrected chi connectivity index (χ0v) is 15.1. The summed E-state index contributed by atoms with van der Waals surface area (Å²) in [7, 11) is -3.24. The third-order valence-corrected chi connectivity index (χ3v) is 6.50. The molecule has 23 heavy (non-hydrogen) atoms. The molecule has 2 aliphatic heterocycles. The average Bonchev–Trinajstić information content (AvgIpc) is 3.16. The highest BCUT2D eigenvalue weighted by molar-refractivity contribution is 7.88. The van der Waals surface area contributed by atoms with Crippen LogP contribution in [0.4, 0.5) is 0 Å². The van der Waals surface area contributed by atoms with Gasteiger partial charge in [-0.1, -0.05) is 5.16 Å². The highest BCUT2D eigenvalue weighted by atomic mass is 32.2. The largest absolute Gasteiger partial charge is 0.338 e. The summed E-state index contributed by atoms with van der Waals surface area (Å²) in [5, 5.41) is 4.09. The minimum Gasteiger partial charge on any atom is -0.338 e. The van der Waals surface area contributed by atoms with Crippen LogP contribution in [0.1, 0.15) is 70.3 Å². The van der Waals surface area contributed by atoms with Gasteiger partial charge >= 0.3 is 0 Å². The Labute approximate surface area is 138 Å². The predicted molar refractivity (Wildman–Crippen MR) is 86.2 cm³/mol. The molecule has 0 unspecified atom stereocenters.